The third kappa shape index (κ3) is 2.44. The van der Waals surface area contributed by atoms with Crippen LogP contribution in [0.4, 0.5) is 8.78 Å². The van der Waals surface area contributed by atoms with Crippen LogP contribution in [0.1, 0.15) is 24.8 Å². The van der Waals surface area contributed by atoms with Gasteiger partial charge in [-0.3, -0.25) is 0 Å². The van der Waals surface area contributed by atoms with Crippen molar-refractivity contribution in [3.8, 4) is 0 Å². The summed E-state index contributed by atoms with van der Waals surface area (Å²) in [4.78, 5) is 0. The van der Waals surface area contributed by atoms with E-state index in [0.29, 0.717) is 6.42 Å². The highest BCUT2D eigenvalue weighted by atomic mass is 19.3. The van der Waals surface area contributed by atoms with Crippen LogP contribution in [0.15, 0.2) is 36.4 Å². The SMILES string of the molecule is FC(F)C1C=C(c2ccccc2)CCC1. The van der Waals surface area contributed by atoms with Gasteiger partial charge in [0.2, 0.25) is 6.43 Å². The molecule has 0 bridgehead atoms. The summed E-state index contributed by atoms with van der Waals surface area (Å²) in [5.74, 6) is -0.547. The number of benzene rings is 1. The minimum absolute atomic E-state index is 0.547. The number of halogens is 2. The van der Waals surface area contributed by atoms with E-state index in [2.05, 4.69) is 0 Å². The molecule has 0 N–H and O–H groups in total. The molecule has 2 rings (SSSR count). The molecule has 80 valence electrons. The molecule has 0 aromatic heterocycles. The van der Waals surface area contributed by atoms with Gasteiger partial charge < -0.3 is 0 Å². The van der Waals surface area contributed by atoms with Crippen molar-refractivity contribution in [2.75, 3.05) is 0 Å². The molecule has 0 fully saturated rings. The highest BCUT2D eigenvalue weighted by molar-refractivity contribution is 5.66. The second-order valence-corrected chi connectivity index (χ2v) is 3.95. The normalized spacial score (nSPS) is 21.5. The number of alkyl halides is 2. The topological polar surface area (TPSA) is 0 Å². The maximum Gasteiger partial charge on any atom is 0.244 e. The first kappa shape index (κ1) is 10.3. The fourth-order valence-corrected chi connectivity index (χ4v) is 2.04. The predicted molar refractivity (Wildman–Crippen MR) is 57.8 cm³/mol. The van der Waals surface area contributed by atoms with E-state index in [1.54, 1.807) is 6.08 Å². The van der Waals surface area contributed by atoms with Crippen molar-refractivity contribution in [3.05, 3.63) is 42.0 Å². The zero-order valence-corrected chi connectivity index (χ0v) is 8.50. The molecule has 1 aromatic rings. The van der Waals surface area contributed by atoms with E-state index in [9.17, 15) is 8.78 Å². The van der Waals surface area contributed by atoms with Gasteiger partial charge in [0.15, 0.2) is 0 Å². The van der Waals surface area contributed by atoms with Crippen molar-refractivity contribution >= 4 is 5.57 Å². The molecule has 0 saturated carbocycles. The molecule has 0 spiro atoms. The Morgan fingerprint density at radius 1 is 1.13 bits per heavy atom. The summed E-state index contributed by atoms with van der Waals surface area (Å²) < 4.78 is 25.1. The molecule has 1 aliphatic carbocycles. The highest BCUT2D eigenvalue weighted by Gasteiger charge is 2.22. The van der Waals surface area contributed by atoms with Crippen LogP contribution >= 0.6 is 0 Å². The van der Waals surface area contributed by atoms with E-state index in [1.807, 2.05) is 30.3 Å². The van der Waals surface area contributed by atoms with Crippen LogP contribution in [0.3, 0.4) is 0 Å². The van der Waals surface area contributed by atoms with Crippen LogP contribution in [0.25, 0.3) is 5.57 Å². The van der Waals surface area contributed by atoms with E-state index in [-0.39, 0.29) is 0 Å². The third-order valence-electron chi connectivity index (χ3n) is 2.87. The van der Waals surface area contributed by atoms with Crippen LogP contribution in [0.5, 0.6) is 0 Å². The first-order valence-electron chi connectivity index (χ1n) is 5.31. The molecule has 0 saturated heterocycles. The van der Waals surface area contributed by atoms with Gasteiger partial charge in [0.05, 0.1) is 0 Å². The second kappa shape index (κ2) is 4.56. The lowest BCUT2D eigenvalue weighted by atomic mass is 9.87. The molecule has 0 radical (unpaired) electrons. The molecule has 1 aromatic carbocycles. The van der Waals surface area contributed by atoms with Gasteiger partial charge in [-0.25, -0.2) is 8.78 Å². The molecule has 1 atom stereocenters. The van der Waals surface area contributed by atoms with Crippen LogP contribution in [-0.4, -0.2) is 6.43 Å². The van der Waals surface area contributed by atoms with Gasteiger partial charge in [-0.1, -0.05) is 36.4 Å². The summed E-state index contributed by atoms with van der Waals surface area (Å²) in [7, 11) is 0. The Hall–Kier alpha value is -1.18. The van der Waals surface area contributed by atoms with Gasteiger partial charge in [0, 0.05) is 5.92 Å². The van der Waals surface area contributed by atoms with Gasteiger partial charge in [0.1, 0.15) is 0 Å². The molecular formula is C13H14F2. The summed E-state index contributed by atoms with van der Waals surface area (Å²) in [5, 5.41) is 0. The van der Waals surface area contributed by atoms with Crippen LogP contribution in [-0.2, 0) is 0 Å². The monoisotopic (exact) mass is 208 g/mol. The van der Waals surface area contributed by atoms with E-state index < -0.39 is 12.3 Å². The maximum absolute atomic E-state index is 12.6. The first-order chi connectivity index (χ1) is 7.27. The lowest BCUT2D eigenvalue weighted by Gasteiger charge is -2.20. The minimum atomic E-state index is -2.22. The molecule has 1 aliphatic rings. The quantitative estimate of drug-likeness (QED) is 0.685. The Balaban J connectivity index is 2.22. The Morgan fingerprint density at radius 2 is 1.87 bits per heavy atom. The van der Waals surface area contributed by atoms with Gasteiger partial charge in [-0.05, 0) is 30.4 Å². The van der Waals surface area contributed by atoms with E-state index in [0.717, 1.165) is 24.0 Å². The van der Waals surface area contributed by atoms with Crippen molar-refractivity contribution < 1.29 is 8.78 Å². The van der Waals surface area contributed by atoms with Crippen LogP contribution in [0.2, 0.25) is 0 Å². The van der Waals surface area contributed by atoms with E-state index in [1.165, 1.54) is 0 Å². The Morgan fingerprint density at radius 3 is 2.53 bits per heavy atom. The molecular weight excluding hydrogens is 194 g/mol. The first-order valence-corrected chi connectivity index (χ1v) is 5.31. The number of hydrogen-bond acceptors (Lipinski definition) is 0. The smallest absolute Gasteiger partial charge is 0.210 e. The summed E-state index contributed by atoms with van der Waals surface area (Å²) in [6.07, 6.45) is 1.95. The Bertz CT molecular complexity index is 341. The van der Waals surface area contributed by atoms with Crippen molar-refractivity contribution in [3.63, 3.8) is 0 Å². The molecule has 0 heterocycles. The maximum atomic E-state index is 12.6. The summed E-state index contributed by atoms with van der Waals surface area (Å²) in [6.45, 7) is 0. The average Bonchev–Trinajstić information content (AvgIpc) is 2.30. The van der Waals surface area contributed by atoms with Gasteiger partial charge >= 0.3 is 0 Å². The van der Waals surface area contributed by atoms with Crippen molar-refractivity contribution in [1.82, 2.24) is 0 Å². The summed E-state index contributed by atoms with van der Waals surface area (Å²) in [5.41, 5.74) is 2.16. The minimum Gasteiger partial charge on any atom is -0.210 e. The zero-order chi connectivity index (χ0) is 10.7. The van der Waals surface area contributed by atoms with Gasteiger partial charge in [-0.15, -0.1) is 0 Å². The molecule has 2 heteroatoms. The average molecular weight is 208 g/mol. The number of allylic oxidation sites excluding steroid dienone is 2. The fourth-order valence-electron chi connectivity index (χ4n) is 2.04. The van der Waals surface area contributed by atoms with Crippen molar-refractivity contribution in [1.29, 1.82) is 0 Å². The molecule has 0 aliphatic heterocycles. The van der Waals surface area contributed by atoms with Gasteiger partial charge in [0.25, 0.3) is 0 Å². The summed E-state index contributed by atoms with van der Waals surface area (Å²) in [6, 6.07) is 9.81. The Labute approximate surface area is 88.6 Å². The lowest BCUT2D eigenvalue weighted by Crippen LogP contribution is -2.12. The number of hydrogen-bond donors (Lipinski definition) is 0. The third-order valence-corrected chi connectivity index (χ3v) is 2.87. The number of rotatable bonds is 2. The van der Waals surface area contributed by atoms with Gasteiger partial charge in [-0.2, -0.15) is 0 Å². The zero-order valence-electron chi connectivity index (χ0n) is 8.50. The van der Waals surface area contributed by atoms with Crippen LogP contribution in [0, 0.1) is 5.92 Å². The predicted octanol–water partition coefficient (Wildman–Crippen LogP) is 4.14. The van der Waals surface area contributed by atoms with Crippen molar-refractivity contribution in [2.45, 2.75) is 25.7 Å². The van der Waals surface area contributed by atoms with E-state index in [4.69, 9.17) is 0 Å². The van der Waals surface area contributed by atoms with Crippen molar-refractivity contribution in [2.24, 2.45) is 5.92 Å². The molecule has 0 nitrogen and oxygen atoms in total. The molecule has 1 unspecified atom stereocenters. The largest absolute Gasteiger partial charge is 0.244 e. The van der Waals surface area contributed by atoms with Crippen LogP contribution < -0.4 is 0 Å². The molecule has 15 heavy (non-hydrogen) atoms. The fraction of sp³-hybridized carbons (Fsp3) is 0.385. The second-order valence-electron chi connectivity index (χ2n) is 3.95. The Kier molecular flexibility index (Phi) is 3.14. The lowest BCUT2D eigenvalue weighted by molar-refractivity contribution is 0.0935. The molecule has 0 amide bonds. The summed E-state index contributed by atoms with van der Waals surface area (Å²) >= 11 is 0. The highest BCUT2D eigenvalue weighted by Crippen LogP contribution is 2.32. The van der Waals surface area contributed by atoms with E-state index >= 15 is 0 Å². The standard InChI is InChI=1S/C13H14F2/c14-13(15)12-8-4-7-11(9-12)10-5-2-1-3-6-10/h1-3,5-6,9,12-13H,4,7-8H2.